The highest BCUT2D eigenvalue weighted by Gasteiger charge is 2.13. The molecule has 0 aromatic carbocycles. The van der Waals surface area contributed by atoms with Crippen molar-refractivity contribution in [2.24, 2.45) is 5.92 Å². The fraction of sp³-hybridized carbons (Fsp3) is 0.857. The highest BCUT2D eigenvalue weighted by atomic mass is 16.2. The van der Waals surface area contributed by atoms with E-state index in [2.05, 4.69) is 50.5 Å². The monoisotopic (exact) mass is 578 g/mol. The van der Waals surface area contributed by atoms with Gasteiger partial charge in [-0.1, -0.05) is 84.8 Å². The molecule has 0 aliphatic heterocycles. The van der Waals surface area contributed by atoms with Gasteiger partial charge >= 0.3 is 0 Å². The molecule has 0 saturated heterocycles. The van der Waals surface area contributed by atoms with Gasteiger partial charge in [0, 0.05) is 45.4 Å². The predicted molar refractivity (Wildman–Crippen MR) is 175 cm³/mol. The van der Waals surface area contributed by atoms with E-state index in [1.54, 1.807) is 0 Å². The highest BCUT2D eigenvalue weighted by molar-refractivity contribution is 5.76. The quantitative estimate of drug-likeness (QED) is 0.0691. The van der Waals surface area contributed by atoms with Crippen LogP contribution in [0.15, 0.2) is 12.2 Å². The van der Waals surface area contributed by atoms with Crippen molar-refractivity contribution in [2.75, 3.05) is 26.2 Å². The molecule has 6 nitrogen and oxygen atoms in total. The first kappa shape index (κ1) is 39.1. The number of carbonyl (C=O) groups excluding carboxylic acids is 3. The van der Waals surface area contributed by atoms with Crippen LogP contribution in [0.25, 0.3) is 0 Å². The summed E-state index contributed by atoms with van der Waals surface area (Å²) < 4.78 is 0. The van der Waals surface area contributed by atoms with Gasteiger partial charge in [0.15, 0.2) is 0 Å². The van der Waals surface area contributed by atoms with Gasteiger partial charge in [0.1, 0.15) is 0 Å². The molecule has 0 rings (SSSR count). The summed E-state index contributed by atoms with van der Waals surface area (Å²) in [6.07, 6.45) is 26.2. The fourth-order valence-corrected chi connectivity index (χ4v) is 4.80. The van der Waals surface area contributed by atoms with E-state index in [-0.39, 0.29) is 17.7 Å². The van der Waals surface area contributed by atoms with Gasteiger partial charge in [-0.3, -0.25) is 14.4 Å². The molecule has 240 valence electrons. The van der Waals surface area contributed by atoms with Gasteiger partial charge in [-0.2, -0.15) is 0 Å². The molecule has 0 aliphatic rings. The molecule has 0 fully saturated rings. The molecule has 41 heavy (non-hydrogen) atoms. The molecule has 0 atom stereocenters. The summed E-state index contributed by atoms with van der Waals surface area (Å²) in [5.74, 6) is 1.33. The zero-order valence-electron chi connectivity index (χ0n) is 27.6. The van der Waals surface area contributed by atoms with Gasteiger partial charge in [-0.15, -0.1) is 0 Å². The third-order valence-corrected chi connectivity index (χ3v) is 7.55. The van der Waals surface area contributed by atoms with E-state index < -0.39 is 0 Å². The molecule has 6 heteroatoms. The van der Waals surface area contributed by atoms with Gasteiger partial charge in [0.05, 0.1) is 0 Å². The van der Waals surface area contributed by atoms with Crippen LogP contribution in [0.5, 0.6) is 0 Å². The van der Waals surface area contributed by atoms with Crippen LogP contribution in [0, 0.1) is 5.92 Å². The number of amides is 3. The number of hydrogen-bond acceptors (Lipinski definition) is 3. The van der Waals surface area contributed by atoms with E-state index in [9.17, 15) is 14.4 Å². The standard InChI is InChI=1S/C35H67N3O3/c1-5-7-25-33(39)36-28-20-22-30-38(31-23-21-29-37-34(40)26-8-6-2)35(41)27-19-17-15-13-11-9-10-12-14-16-18-24-32(3)4/h11,13,32H,5-10,12,14-31H2,1-4H3,(H,36,39)(H,37,40)/b13-11+. The smallest absolute Gasteiger partial charge is 0.222 e. The van der Waals surface area contributed by atoms with E-state index in [1.165, 1.54) is 44.9 Å². The fourth-order valence-electron chi connectivity index (χ4n) is 4.80. The second-order valence-electron chi connectivity index (χ2n) is 12.2. The minimum Gasteiger partial charge on any atom is -0.356 e. The summed E-state index contributed by atoms with van der Waals surface area (Å²) in [6.45, 7) is 11.6. The summed E-state index contributed by atoms with van der Waals surface area (Å²) >= 11 is 0. The van der Waals surface area contributed by atoms with Crippen molar-refractivity contribution in [2.45, 2.75) is 163 Å². The molecule has 0 bridgehead atoms. The zero-order valence-corrected chi connectivity index (χ0v) is 27.6. The van der Waals surface area contributed by atoms with E-state index in [0.29, 0.717) is 32.4 Å². The van der Waals surface area contributed by atoms with Gasteiger partial charge in [-0.25, -0.2) is 0 Å². The minimum absolute atomic E-state index is 0.131. The van der Waals surface area contributed by atoms with E-state index >= 15 is 0 Å². The van der Waals surface area contributed by atoms with Crippen molar-refractivity contribution in [1.29, 1.82) is 0 Å². The molecular formula is C35H67N3O3. The number of allylic oxidation sites excluding steroid dienone is 2. The number of rotatable bonds is 29. The third-order valence-electron chi connectivity index (χ3n) is 7.55. The number of hydrogen-bond donors (Lipinski definition) is 2. The van der Waals surface area contributed by atoms with Crippen LogP contribution >= 0.6 is 0 Å². The molecule has 2 N–H and O–H groups in total. The maximum atomic E-state index is 13.0. The lowest BCUT2D eigenvalue weighted by atomic mass is 10.0. The lowest BCUT2D eigenvalue weighted by Gasteiger charge is -2.23. The lowest BCUT2D eigenvalue weighted by Crippen LogP contribution is -2.34. The van der Waals surface area contributed by atoms with Crippen molar-refractivity contribution in [3.8, 4) is 0 Å². The van der Waals surface area contributed by atoms with Crippen LogP contribution < -0.4 is 10.6 Å². The van der Waals surface area contributed by atoms with Crippen molar-refractivity contribution >= 4 is 17.7 Å². The van der Waals surface area contributed by atoms with E-state index in [1.807, 2.05) is 4.90 Å². The average molecular weight is 578 g/mol. The van der Waals surface area contributed by atoms with E-state index in [0.717, 1.165) is 89.6 Å². The van der Waals surface area contributed by atoms with Gasteiger partial charge < -0.3 is 15.5 Å². The minimum atomic E-state index is 0.131. The van der Waals surface area contributed by atoms with Crippen LogP contribution in [0.1, 0.15) is 163 Å². The Bertz CT molecular complexity index is 633. The van der Waals surface area contributed by atoms with Crippen LogP contribution in [-0.4, -0.2) is 48.8 Å². The molecule has 0 aromatic heterocycles. The molecule has 0 unspecified atom stereocenters. The van der Waals surface area contributed by atoms with Gasteiger partial charge in [0.25, 0.3) is 0 Å². The van der Waals surface area contributed by atoms with Crippen molar-refractivity contribution < 1.29 is 14.4 Å². The summed E-state index contributed by atoms with van der Waals surface area (Å²) in [5, 5.41) is 6.00. The number of nitrogens with one attached hydrogen (secondary N) is 2. The van der Waals surface area contributed by atoms with Gasteiger partial charge in [-0.05, 0) is 76.5 Å². The number of unbranched alkanes of at least 4 members (excludes halogenated alkanes) is 11. The summed E-state index contributed by atoms with van der Waals surface area (Å²) in [4.78, 5) is 38.7. The maximum Gasteiger partial charge on any atom is 0.222 e. The molecule has 0 heterocycles. The van der Waals surface area contributed by atoms with Gasteiger partial charge in [0.2, 0.25) is 17.7 Å². The second kappa shape index (κ2) is 29.6. The van der Waals surface area contributed by atoms with Crippen molar-refractivity contribution in [3.05, 3.63) is 12.2 Å². The predicted octanol–water partition coefficient (Wildman–Crippen LogP) is 8.49. The van der Waals surface area contributed by atoms with Crippen LogP contribution in [0.2, 0.25) is 0 Å². The Labute approximate surface area is 254 Å². The van der Waals surface area contributed by atoms with Crippen molar-refractivity contribution in [3.63, 3.8) is 0 Å². The Morgan fingerprint density at radius 1 is 0.585 bits per heavy atom. The number of nitrogens with zero attached hydrogens (tertiary/aromatic N) is 1. The molecule has 3 amide bonds. The first-order chi connectivity index (χ1) is 19.9. The van der Waals surface area contributed by atoms with Crippen LogP contribution in [0.4, 0.5) is 0 Å². The summed E-state index contributed by atoms with van der Waals surface area (Å²) in [5.41, 5.74) is 0. The van der Waals surface area contributed by atoms with Crippen LogP contribution in [-0.2, 0) is 14.4 Å². The topological polar surface area (TPSA) is 78.5 Å². The molecular weight excluding hydrogens is 510 g/mol. The number of carbonyl (C=O) groups is 3. The zero-order chi connectivity index (χ0) is 30.4. The Kier molecular flexibility index (Phi) is 28.3. The molecule has 0 spiro atoms. The third kappa shape index (κ3) is 28.1. The SMILES string of the molecule is CCCCC(=O)NCCCCN(CCCCNC(=O)CCCC)C(=O)CCCC/C=C/CCCCCCCC(C)C. The summed E-state index contributed by atoms with van der Waals surface area (Å²) in [7, 11) is 0. The Hall–Kier alpha value is -1.85. The largest absolute Gasteiger partial charge is 0.356 e. The second-order valence-corrected chi connectivity index (χ2v) is 12.2. The van der Waals surface area contributed by atoms with E-state index in [4.69, 9.17) is 0 Å². The first-order valence-electron chi connectivity index (χ1n) is 17.4. The first-order valence-corrected chi connectivity index (χ1v) is 17.4. The molecule has 0 aliphatic carbocycles. The van der Waals surface area contributed by atoms with Crippen molar-refractivity contribution in [1.82, 2.24) is 15.5 Å². The lowest BCUT2D eigenvalue weighted by molar-refractivity contribution is -0.131. The maximum absolute atomic E-state index is 13.0. The Balaban J connectivity index is 4.22. The Morgan fingerprint density at radius 2 is 1.07 bits per heavy atom. The highest BCUT2D eigenvalue weighted by Crippen LogP contribution is 2.12. The molecule has 0 radical (unpaired) electrons. The molecule has 0 saturated carbocycles. The average Bonchev–Trinajstić information content (AvgIpc) is 2.95. The normalized spacial score (nSPS) is 11.3. The summed E-state index contributed by atoms with van der Waals surface area (Å²) in [6, 6.07) is 0. The Morgan fingerprint density at radius 3 is 1.59 bits per heavy atom. The molecule has 0 aromatic rings. The van der Waals surface area contributed by atoms with Crippen LogP contribution in [0.3, 0.4) is 0 Å².